The van der Waals surface area contributed by atoms with Crippen LogP contribution in [0.1, 0.15) is 11.1 Å². The monoisotopic (exact) mass is 448 g/mol. The first-order chi connectivity index (χ1) is 16.5. The number of urea groups is 1. The number of barbiturate groups is 1. The Kier molecular flexibility index (Phi) is 5.18. The van der Waals surface area contributed by atoms with Crippen LogP contribution in [0.2, 0.25) is 0 Å². The number of carbonyl (C=O) groups is 3. The molecule has 6 nitrogen and oxygen atoms in total. The molecule has 34 heavy (non-hydrogen) atoms. The number of fused-ring (bicyclic) bond motifs is 1. The van der Waals surface area contributed by atoms with Gasteiger partial charge in [-0.05, 0) is 42.7 Å². The number of phenolic OH excluding ortho intramolecular Hbond substituents is 1. The van der Waals surface area contributed by atoms with Gasteiger partial charge in [0.15, 0.2) is 0 Å². The van der Waals surface area contributed by atoms with E-state index < -0.39 is 17.8 Å². The first-order valence-electron chi connectivity index (χ1n) is 10.7. The number of nitrogens with zero attached hydrogens (tertiary/aromatic N) is 2. The van der Waals surface area contributed by atoms with Gasteiger partial charge in [0.2, 0.25) is 0 Å². The van der Waals surface area contributed by atoms with Gasteiger partial charge in [-0.25, -0.2) is 14.6 Å². The fourth-order valence-corrected chi connectivity index (χ4v) is 4.03. The zero-order valence-electron chi connectivity index (χ0n) is 18.3. The minimum atomic E-state index is -0.760. The minimum absolute atomic E-state index is 0.0777. The fourth-order valence-electron chi connectivity index (χ4n) is 4.03. The van der Waals surface area contributed by atoms with Crippen LogP contribution in [0, 0.1) is 6.92 Å². The summed E-state index contributed by atoms with van der Waals surface area (Å²) in [6, 6.07) is 25.3. The quantitative estimate of drug-likeness (QED) is 0.335. The van der Waals surface area contributed by atoms with Gasteiger partial charge in [0.25, 0.3) is 11.8 Å². The number of amides is 4. The Balaban J connectivity index is 1.73. The topological polar surface area (TPSA) is 77.9 Å². The normalized spacial score (nSPS) is 15.4. The van der Waals surface area contributed by atoms with Gasteiger partial charge in [-0.2, -0.15) is 0 Å². The maximum atomic E-state index is 13.7. The van der Waals surface area contributed by atoms with Crippen molar-refractivity contribution in [2.75, 3.05) is 9.80 Å². The van der Waals surface area contributed by atoms with E-state index in [1.165, 1.54) is 12.1 Å². The van der Waals surface area contributed by atoms with Crippen molar-refractivity contribution in [3.8, 4) is 5.75 Å². The van der Waals surface area contributed by atoms with Crippen molar-refractivity contribution < 1.29 is 19.5 Å². The van der Waals surface area contributed by atoms with E-state index in [2.05, 4.69) is 0 Å². The van der Waals surface area contributed by atoms with Gasteiger partial charge >= 0.3 is 6.03 Å². The molecule has 0 bridgehead atoms. The number of anilines is 2. The van der Waals surface area contributed by atoms with Gasteiger partial charge in [0, 0.05) is 10.9 Å². The predicted octanol–water partition coefficient (Wildman–Crippen LogP) is 5.44. The highest BCUT2D eigenvalue weighted by Crippen LogP contribution is 2.34. The highest BCUT2D eigenvalue weighted by atomic mass is 16.3. The molecular formula is C28H20N2O4. The summed E-state index contributed by atoms with van der Waals surface area (Å²) in [6.45, 7) is 1.90. The summed E-state index contributed by atoms with van der Waals surface area (Å²) in [6.07, 6.45) is 1.33. The van der Waals surface area contributed by atoms with E-state index in [1.807, 2.05) is 37.3 Å². The van der Waals surface area contributed by atoms with Crippen LogP contribution in [0.4, 0.5) is 16.2 Å². The molecule has 0 aromatic heterocycles. The van der Waals surface area contributed by atoms with Crippen molar-refractivity contribution in [1.82, 2.24) is 0 Å². The summed E-state index contributed by atoms with van der Waals surface area (Å²) >= 11 is 0. The van der Waals surface area contributed by atoms with Crippen molar-refractivity contribution in [1.29, 1.82) is 0 Å². The van der Waals surface area contributed by atoms with E-state index in [1.54, 1.807) is 54.6 Å². The molecule has 0 spiro atoms. The highest BCUT2D eigenvalue weighted by Gasteiger charge is 2.44. The van der Waals surface area contributed by atoms with Crippen LogP contribution in [0.25, 0.3) is 16.8 Å². The number of aromatic hydroxyl groups is 1. The molecule has 1 fully saturated rings. The molecule has 0 radical (unpaired) electrons. The molecule has 6 heteroatoms. The standard InChI is InChI=1S/C28H20N2O4/c1-18-13-15-21(16-14-18)29-26(32)23(17-20-8-3-5-12-25(20)31)27(33)30(28(29)34)24-11-6-9-19-7-2-4-10-22(19)24/h2-17,31H,1H3/b23-17+. The Morgan fingerprint density at radius 2 is 1.35 bits per heavy atom. The molecule has 166 valence electrons. The fraction of sp³-hybridized carbons (Fsp3) is 0.0357. The van der Waals surface area contributed by atoms with Crippen molar-refractivity contribution in [3.05, 3.63) is 108 Å². The smallest absolute Gasteiger partial charge is 0.343 e. The average Bonchev–Trinajstić information content (AvgIpc) is 2.84. The number of rotatable bonds is 3. The van der Waals surface area contributed by atoms with E-state index in [9.17, 15) is 19.5 Å². The Hall–Kier alpha value is -4.71. The predicted molar refractivity (Wildman–Crippen MR) is 132 cm³/mol. The summed E-state index contributed by atoms with van der Waals surface area (Å²) < 4.78 is 0. The average molecular weight is 448 g/mol. The van der Waals surface area contributed by atoms with Gasteiger partial charge in [-0.1, -0.05) is 72.3 Å². The van der Waals surface area contributed by atoms with E-state index in [-0.39, 0.29) is 11.3 Å². The maximum absolute atomic E-state index is 13.7. The molecule has 4 aromatic carbocycles. The molecule has 0 saturated carbocycles. The number of hydrogen-bond acceptors (Lipinski definition) is 4. The molecule has 1 aliphatic rings. The summed E-state index contributed by atoms with van der Waals surface area (Å²) in [5.41, 5.74) is 1.76. The van der Waals surface area contributed by atoms with Crippen LogP contribution >= 0.6 is 0 Å². The minimum Gasteiger partial charge on any atom is -0.507 e. The van der Waals surface area contributed by atoms with Crippen LogP contribution < -0.4 is 9.80 Å². The summed E-state index contributed by atoms with van der Waals surface area (Å²) in [4.78, 5) is 42.8. The molecule has 1 N–H and O–H groups in total. The van der Waals surface area contributed by atoms with Gasteiger partial charge in [0.1, 0.15) is 11.3 Å². The lowest BCUT2D eigenvalue weighted by molar-refractivity contribution is -0.121. The number of hydrogen-bond donors (Lipinski definition) is 1. The Bertz CT molecular complexity index is 1480. The van der Waals surface area contributed by atoms with Gasteiger partial charge in [-0.3, -0.25) is 9.59 Å². The molecule has 5 rings (SSSR count). The molecule has 1 heterocycles. The molecular weight excluding hydrogens is 428 g/mol. The Labute approximate surface area is 196 Å². The Morgan fingerprint density at radius 1 is 0.706 bits per heavy atom. The van der Waals surface area contributed by atoms with Crippen molar-refractivity contribution in [2.45, 2.75) is 6.92 Å². The van der Waals surface area contributed by atoms with Crippen LogP contribution in [0.15, 0.2) is 96.6 Å². The third kappa shape index (κ3) is 3.51. The van der Waals surface area contributed by atoms with Crippen molar-refractivity contribution >= 4 is 46.1 Å². The van der Waals surface area contributed by atoms with Gasteiger partial charge in [-0.15, -0.1) is 0 Å². The number of aryl methyl sites for hydroxylation is 1. The third-order valence-corrected chi connectivity index (χ3v) is 5.79. The second-order valence-corrected chi connectivity index (χ2v) is 8.01. The molecule has 0 unspecified atom stereocenters. The van der Waals surface area contributed by atoms with Crippen molar-refractivity contribution in [2.24, 2.45) is 0 Å². The van der Waals surface area contributed by atoms with Crippen LogP contribution in [0.3, 0.4) is 0 Å². The lowest BCUT2D eigenvalue weighted by Gasteiger charge is -2.34. The third-order valence-electron chi connectivity index (χ3n) is 5.79. The molecule has 4 aromatic rings. The molecule has 1 aliphatic heterocycles. The van der Waals surface area contributed by atoms with E-state index in [0.29, 0.717) is 22.3 Å². The lowest BCUT2D eigenvalue weighted by Crippen LogP contribution is -2.57. The number of phenols is 1. The van der Waals surface area contributed by atoms with Gasteiger partial charge < -0.3 is 5.11 Å². The summed E-state index contributed by atoms with van der Waals surface area (Å²) in [5.74, 6) is -1.58. The van der Waals surface area contributed by atoms with Gasteiger partial charge in [0.05, 0.1) is 11.4 Å². The first-order valence-corrected chi connectivity index (χ1v) is 10.7. The van der Waals surface area contributed by atoms with E-state index in [0.717, 1.165) is 20.7 Å². The largest absolute Gasteiger partial charge is 0.507 e. The van der Waals surface area contributed by atoms with Crippen molar-refractivity contribution in [3.63, 3.8) is 0 Å². The van der Waals surface area contributed by atoms with Crippen LogP contribution in [0.5, 0.6) is 5.75 Å². The molecule has 0 atom stereocenters. The summed E-state index contributed by atoms with van der Waals surface area (Å²) in [5, 5.41) is 11.8. The number of carbonyl (C=O) groups excluding carboxylic acids is 3. The highest BCUT2D eigenvalue weighted by molar-refractivity contribution is 6.46. The summed E-state index contributed by atoms with van der Waals surface area (Å²) in [7, 11) is 0. The number of para-hydroxylation sites is 1. The zero-order chi connectivity index (χ0) is 23.8. The number of benzene rings is 4. The first kappa shape index (κ1) is 21.2. The van der Waals surface area contributed by atoms with Crippen LogP contribution in [-0.2, 0) is 9.59 Å². The Morgan fingerprint density at radius 3 is 2.12 bits per heavy atom. The number of imide groups is 2. The van der Waals surface area contributed by atoms with E-state index >= 15 is 0 Å². The second-order valence-electron chi connectivity index (χ2n) is 8.01. The maximum Gasteiger partial charge on any atom is 0.343 e. The second kappa shape index (κ2) is 8.33. The SMILES string of the molecule is Cc1ccc(N2C(=O)/C(=C\c3ccccc3O)C(=O)N(c3cccc4ccccc34)C2=O)cc1. The van der Waals surface area contributed by atoms with E-state index in [4.69, 9.17) is 0 Å². The van der Waals surface area contributed by atoms with Crippen LogP contribution in [-0.4, -0.2) is 23.0 Å². The lowest BCUT2D eigenvalue weighted by atomic mass is 10.0. The zero-order valence-corrected chi connectivity index (χ0v) is 18.3. The molecule has 1 saturated heterocycles. The molecule has 0 aliphatic carbocycles. The molecule has 4 amide bonds.